The lowest BCUT2D eigenvalue weighted by Gasteiger charge is -2.26. The molecule has 4 heterocycles. The number of benzene rings is 1. The molecule has 0 aliphatic carbocycles. The van der Waals surface area contributed by atoms with Crippen molar-refractivity contribution >= 4 is 39.3 Å². The van der Waals surface area contributed by atoms with Crippen molar-refractivity contribution in [1.82, 2.24) is 20.1 Å². The third kappa shape index (κ3) is 5.79. The van der Waals surface area contributed by atoms with Gasteiger partial charge in [-0.05, 0) is 108 Å². The van der Waals surface area contributed by atoms with Crippen LogP contribution in [0.3, 0.4) is 0 Å². The number of nitrogens with zero attached hydrogens (tertiary/aromatic N) is 3. The van der Waals surface area contributed by atoms with Crippen LogP contribution in [0.2, 0.25) is 0 Å². The lowest BCUT2D eigenvalue weighted by molar-refractivity contribution is 0.248. The van der Waals surface area contributed by atoms with Crippen molar-refractivity contribution < 1.29 is 4.39 Å². The lowest BCUT2D eigenvalue weighted by atomic mass is 9.99. The van der Waals surface area contributed by atoms with Gasteiger partial charge in [-0.2, -0.15) is 16.4 Å². The van der Waals surface area contributed by atoms with E-state index in [2.05, 4.69) is 61.5 Å². The largest absolute Gasteiger partial charge is 0.339 e. The molecule has 0 radical (unpaired) electrons. The number of pyridine rings is 1. The van der Waals surface area contributed by atoms with E-state index in [0.717, 1.165) is 53.0 Å². The smallest absolute Gasteiger partial charge is 0.151 e. The molecule has 200 valence electrons. The molecule has 39 heavy (non-hydrogen) atoms. The Bertz CT molecular complexity index is 1550. The second-order valence-corrected chi connectivity index (χ2v) is 10.7. The number of aromatic amines is 1. The Morgan fingerprint density at radius 3 is 2.77 bits per heavy atom. The fourth-order valence-corrected chi connectivity index (χ4v) is 5.80. The molecule has 3 aromatic heterocycles. The number of rotatable bonds is 9. The first-order valence-electron chi connectivity index (χ1n) is 13.3. The van der Waals surface area contributed by atoms with Crippen LogP contribution < -0.4 is 5.32 Å². The lowest BCUT2D eigenvalue weighted by Crippen LogP contribution is -2.31. The summed E-state index contributed by atoms with van der Waals surface area (Å²) in [5, 5.41) is 15.4. The molecule has 0 amide bonds. The van der Waals surface area contributed by atoms with Gasteiger partial charge in [-0.15, -0.1) is 0 Å². The average molecular weight is 540 g/mol. The molecule has 0 bridgehead atoms. The highest BCUT2D eigenvalue weighted by atomic mass is 32.1. The number of aromatic nitrogens is 3. The molecule has 4 aromatic rings. The first kappa shape index (κ1) is 26.8. The summed E-state index contributed by atoms with van der Waals surface area (Å²) in [4.78, 5) is 7.00. The fourth-order valence-electron chi connectivity index (χ4n) is 5.15. The van der Waals surface area contributed by atoms with E-state index in [4.69, 9.17) is 0 Å². The Balaban J connectivity index is 1.44. The molecule has 1 saturated heterocycles. The summed E-state index contributed by atoms with van der Waals surface area (Å²) in [7, 11) is 0. The van der Waals surface area contributed by atoms with Crippen LogP contribution in [0.25, 0.3) is 33.3 Å². The summed E-state index contributed by atoms with van der Waals surface area (Å²) in [6.45, 7) is 15.3. The molecule has 0 atom stereocenters. The van der Waals surface area contributed by atoms with Crippen LogP contribution in [-0.4, -0.2) is 39.7 Å². The van der Waals surface area contributed by atoms with Crippen molar-refractivity contribution in [3.63, 3.8) is 0 Å². The van der Waals surface area contributed by atoms with Crippen LogP contribution >= 0.6 is 11.3 Å². The highest BCUT2D eigenvalue weighted by Crippen LogP contribution is 2.32. The van der Waals surface area contributed by atoms with Gasteiger partial charge < -0.3 is 5.32 Å². The molecule has 5 nitrogen and oxygen atoms in total. The third-order valence-electron chi connectivity index (χ3n) is 7.32. The van der Waals surface area contributed by atoms with Gasteiger partial charge in [0, 0.05) is 18.1 Å². The van der Waals surface area contributed by atoms with Crippen LogP contribution in [0.15, 0.2) is 78.2 Å². The van der Waals surface area contributed by atoms with E-state index in [-0.39, 0.29) is 11.3 Å². The maximum absolute atomic E-state index is 15.3. The highest BCUT2D eigenvalue weighted by Gasteiger charge is 2.17. The highest BCUT2D eigenvalue weighted by molar-refractivity contribution is 7.08. The van der Waals surface area contributed by atoms with Crippen LogP contribution in [0, 0.1) is 12.7 Å². The number of hydrogen-bond acceptors (Lipinski definition) is 5. The number of halogens is 1. The topological polar surface area (TPSA) is 56.8 Å². The average Bonchev–Trinajstić information content (AvgIpc) is 3.63. The van der Waals surface area contributed by atoms with E-state index in [1.165, 1.54) is 19.3 Å². The minimum Gasteiger partial charge on any atom is -0.339 e. The second kappa shape index (κ2) is 11.9. The van der Waals surface area contributed by atoms with Gasteiger partial charge in [-0.3, -0.25) is 10.00 Å². The summed E-state index contributed by atoms with van der Waals surface area (Å²) in [5.74, 6) is 0.323. The van der Waals surface area contributed by atoms with E-state index in [1.807, 2.05) is 38.1 Å². The van der Waals surface area contributed by atoms with Crippen LogP contribution in [-0.2, 0) is 0 Å². The number of hydrogen-bond donors (Lipinski definition) is 2. The molecular weight excluding hydrogens is 505 g/mol. The molecule has 0 unspecified atom stereocenters. The van der Waals surface area contributed by atoms with E-state index in [0.29, 0.717) is 22.6 Å². The number of H-pyrrole nitrogens is 1. The van der Waals surface area contributed by atoms with Gasteiger partial charge >= 0.3 is 0 Å². The first-order valence-corrected chi connectivity index (χ1v) is 14.3. The fraction of sp³-hybridized carbons (Fsp3) is 0.250. The molecule has 0 saturated carbocycles. The van der Waals surface area contributed by atoms with Crippen LogP contribution in [0.1, 0.15) is 43.0 Å². The Kier molecular flexibility index (Phi) is 8.19. The summed E-state index contributed by atoms with van der Waals surface area (Å²) < 4.78 is 15.3. The number of allylic oxidation sites excluding steroid dienone is 3. The zero-order valence-corrected chi connectivity index (χ0v) is 23.4. The normalized spacial score (nSPS) is 15.1. The monoisotopic (exact) mass is 539 g/mol. The molecule has 1 aliphatic heterocycles. The zero-order valence-electron chi connectivity index (χ0n) is 22.6. The van der Waals surface area contributed by atoms with Crippen molar-refractivity contribution in [2.24, 2.45) is 0 Å². The van der Waals surface area contributed by atoms with E-state index >= 15 is 4.39 Å². The molecule has 0 spiro atoms. The Morgan fingerprint density at radius 1 is 1.23 bits per heavy atom. The van der Waals surface area contributed by atoms with E-state index in [1.54, 1.807) is 23.6 Å². The van der Waals surface area contributed by atoms with Gasteiger partial charge in [0.15, 0.2) is 5.82 Å². The molecule has 5 rings (SSSR count). The van der Waals surface area contributed by atoms with Gasteiger partial charge in [0.2, 0.25) is 0 Å². The zero-order chi connectivity index (χ0) is 27.4. The predicted molar refractivity (Wildman–Crippen MR) is 163 cm³/mol. The summed E-state index contributed by atoms with van der Waals surface area (Å²) in [6.07, 6.45) is 11.6. The summed E-state index contributed by atoms with van der Waals surface area (Å²) in [6, 6.07) is 7.62. The Hall–Kier alpha value is -3.81. The minimum atomic E-state index is -0.379. The van der Waals surface area contributed by atoms with E-state index in [9.17, 15) is 0 Å². The standard InChI is InChI=1S/C32H34FN5S/c1-5-23(19-38-13-8-7-9-14-38)16-24(6-2)26-17-28-30(36-37-31(28)29(33)18-26)22(4)35-32-21(3)27(10-12-34-32)25-11-15-39-20-25/h5-6,10-12,15-18,20H,1,4,7-9,13-14,19H2,2-3H3,(H,34,35)(H,36,37)/b23-16+,24-6+. The van der Waals surface area contributed by atoms with Crippen LogP contribution in [0.4, 0.5) is 10.2 Å². The number of thiophene rings is 1. The maximum atomic E-state index is 15.3. The first-order chi connectivity index (χ1) is 19.0. The van der Waals surface area contributed by atoms with Gasteiger partial charge in [-0.25, -0.2) is 9.37 Å². The van der Waals surface area contributed by atoms with Crippen molar-refractivity contribution in [2.45, 2.75) is 33.1 Å². The number of fused-ring (bicyclic) bond motifs is 1. The quantitative estimate of drug-likeness (QED) is 0.210. The summed E-state index contributed by atoms with van der Waals surface area (Å²) in [5.41, 5.74) is 7.60. The van der Waals surface area contributed by atoms with Crippen molar-refractivity contribution in [1.29, 1.82) is 0 Å². The summed E-state index contributed by atoms with van der Waals surface area (Å²) >= 11 is 1.66. The van der Waals surface area contributed by atoms with Crippen molar-refractivity contribution in [3.05, 3.63) is 101 Å². The SMILES string of the molecule is C=C/C(=C\C(=C/C)c1cc(F)c2n[nH]c(C(=C)Nc3nccc(-c4ccsc4)c3C)c2c1)CN1CCCCC1. The number of likely N-dealkylation sites (tertiary alicyclic amines) is 1. The van der Waals surface area contributed by atoms with E-state index < -0.39 is 0 Å². The number of nitrogens with one attached hydrogen (secondary N) is 2. The molecule has 1 aliphatic rings. The minimum absolute atomic E-state index is 0.282. The van der Waals surface area contributed by atoms with Crippen LogP contribution in [0.5, 0.6) is 0 Å². The predicted octanol–water partition coefficient (Wildman–Crippen LogP) is 8.22. The molecule has 1 fully saturated rings. The van der Waals surface area contributed by atoms with Crippen molar-refractivity contribution in [2.75, 3.05) is 25.0 Å². The van der Waals surface area contributed by atoms with Gasteiger partial charge in [-0.1, -0.05) is 37.8 Å². The molecule has 7 heteroatoms. The maximum Gasteiger partial charge on any atom is 0.151 e. The molecule has 2 N–H and O–H groups in total. The third-order valence-corrected chi connectivity index (χ3v) is 8.01. The second-order valence-electron chi connectivity index (χ2n) is 9.90. The molecular formula is C32H34FN5S. The Morgan fingerprint density at radius 2 is 2.05 bits per heavy atom. The Labute approximate surface area is 233 Å². The number of anilines is 1. The van der Waals surface area contributed by atoms with Gasteiger partial charge in [0.25, 0.3) is 0 Å². The van der Waals surface area contributed by atoms with Crippen molar-refractivity contribution in [3.8, 4) is 11.1 Å². The van der Waals surface area contributed by atoms with Gasteiger partial charge in [0.05, 0.1) is 11.4 Å². The van der Waals surface area contributed by atoms with Gasteiger partial charge in [0.1, 0.15) is 11.3 Å². The molecule has 1 aromatic carbocycles. The number of piperidine rings is 1.